The third-order valence-corrected chi connectivity index (χ3v) is 4.40. The Balaban J connectivity index is 3.44. The van der Waals surface area contributed by atoms with E-state index < -0.39 is 24.8 Å². The predicted octanol–water partition coefficient (Wildman–Crippen LogP) is 0.771. The van der Waals surface area contributed by atoms with Crippen molar-refractivity contribution < 1.29 is 21.6 Å². The first-order valence-electron chi connectivity index (χ1n) is 5.99. The van der Waals surface area contributed by atoms with E-state index in [0.717, 1.165) is 25.4 Å². The second-order valence-electron chi connectivity index (χ2n) is 4.49. The third-order valence-electron chi connectivity index (χ3n) is 2.46. The SMILES string of the molecule is CCCCOc1nc(S(C)(=O)=O)nc(S(C)(=O)=O)c1C. The lowest BCUT2D eigenvalue weighted by Gasteiger charge is -2.11. The Morgan fingerprint density at radius 1 is 1.05 bits per heavy atom. The van der Waals surface area contributed by atoms with Crippen molar-refractivity contribution in [2.75, 3.05) is 19.1 Å². The second-order valence-corrected chi connectivity index (χ2v) is 8.33. The summed E-state index contributed by atoms with van der Waals surface area (Å²) in [5, 5.41) is -0.866. The highest BCUT2D eigenvalue weighted by molar-refractivity contribution is 7.91. The molecular formula is C11H18N2O5S2. The van der Waals surface area contributed by atoms with Crippen LogP contribution in [-0.2, 0) is 19.7 Å². The minimum absolute atomic E-state index is 0.00528. The van der Waals surface area contributed by atoms with Crippen molar-refractivity contribution in [2.24, 2.45) is 0 Å². The van der Waals surface area contributed by atoms with Gasteiger partial charge in [-0.3, -0.25) is 0 Å². The maximum Gasteiger partial charge on any atom is 0.251 e. The molecule has 0 radical (unpaired) electrons. The molecule has 20 heavy (non-hydrogen) atoms. The first-order valence-corrected chi connectivity index (χ1v) is 9.77. The highest BCUT2D eigenvalue weighted by atomic mass is 32.2. The van der Waals surface area contributed by atoms with Gasteiger partial charge in [-0.2, -0.15) is 4.98 Å². The van der Waals surface area contributed by atoms with Gasteiger partial charge >= 0.3 is 0 Å². The summed E-state index contributed by atoms with van der Waals surface area (Å²) in [5.74, 6) is -0.00528. The van der Waals surface area contributed by atoms with Crippen LogP contribution in [0.4, 0.5) is 0 Å². The average molecular weight is 322 g/mol. The molecule has 0 saturated heterocycles. The molecule has 0 aliphatic rings. The summed E-state index contributed by atoms with van der Waals surface area (Å²) in [6.07, 6.45) is 3.53. The van der Waals surface area contributed by atoms with Crippen LogP contribution < -0.4 is 4.74 Å². The topological polar surface area (TPSA) is 103 Å². The van der Waals surface area contributed by atoms with E-state index in [9.17, 15) is 16.8 Å². The molecule has 114 valence electrons. The Bertz CT molecular complexity index is 696. The Morgan fingerprint density at radius 2 is 1.65 bits per heavy atom. The van der Waals surface area contributed by atoms with Crippen molar-refractivity contribution >= 4 is 19.7 Å². The summed E-state index contributed by atoms with van der Waals surface area (Å²) in [5.41, 5.74) is 0.219. The summed E-state index contributed by atoms with van der Waals surface area (Å²) in [6.45, 7) is 3.80. The summed E-state index contributed by atoms with van der Waals surface area (Å²) >= 11 is 0. The zero-order chi connectivity index (χ0) is 15.6. The molecule has 0 amide bonds. The summed E-state index contributed by atoms with van der Waals surface area (Å²) < 4.78 is 51.8. The van der Waals surface area contributed by atoms with Gasteiger partial charge in [-0.25, -0.2) is 21.8 Å². The van der Waals surface area contributed by atoms with Crippen molar-refractivity contribution in [3.05, 3.63) is 5.56 Å². The first-order chi connectivity index (χ1) is 9.07. The molecule has 0 aromatic carbocycles. The number of sulfone groups is 2. The van der Waals surface area contributed by atoms with Crippen molar-refractivity contribution in [1.29, 1.82) is 0 Å². The van der Waals surface area contributed by atoms with Gasteiger partial charge in [0.25, 0.3) is 5.16 Å². The normalized spacial score (nSPS) is 12.4. The molecule has 0 aliphatic heterocycles. The van der Waals surface area contributed by atoms with Gasteiger partial charge in [0.2, 0.25) is 15.7 Å². The van der Waals surface area contributed by atoms with E-state index >= 15 is 0 Å². The minimum Gasteiger partial charge on any atom is -0.477 e. The van der Waals surface area contributed by atoms with Gasteiger partial charge in [0.15, 0.2) is 14.9 Å². The molecule has 1 aromatic rings. The van der Waals surface area contributed by atoms with Gasteiger partial charge in [-0.1, -0.05) is 13.3 Å². The van der Waals surface area contributed by atoms with Crippen LogP contribution in [-0.4, -0.2) is 45.9 Å². The Kier molecular flexibility index (Phi) is 5.09. The van der Waals surface area contributed by atoms with Crippen LogP contribution in [0, 0.1) is 6.92 Å². The highest BCUT2D eigenvalue weighted by Gasteiger charge is 2.23. The van der Waals surface area contributed by atoms with E-state index in [2.05, 4.69) is 9.97 Å². The number of hydrogen-bond acceptors (Lipinski definition) is 7. The maximum atomic E-state index is 11.7. The Morgan fingerprint density at radius 3 is 2.10 bits per heavy atom. The van der Waals surface area contributed by atoms with Crippen LogP contribution in [0.15, 0.2) is 10.2 Å². The maximum absolute atomic E-state index is 11.7. The van der Waals surface area contributed by atoms with Crippen molar-refractivity contribution in [2.45, 2.75) is 36.9 Å². The zero-order valence-corrected chi connectivity index (χ0v) is 13.5. The number of aromatic nitrogens is 2. The van der Waals surface area contributed by atoms with E-state index in [1.165, 1.54) is 6.92 Å². The third kappa shape index (κ3) is 4.14. The van der Waals surface area contributed by atoms with Crippen LogP contribution >= 0.6 is 0 Å². The lowest BCUT2D eigenvalue weighted by atomic mass is 10.3. The first kappa shape index (κ1) is 16.8. The van der Waals surface area contributed by atoms with Crippen molar-refractivity contribution in [3.8, 4) is 5.88 Å². The molecule has 0 spiro atoms. The van der Waals surface area contributed by atoms with Gasteiger partial charge in [-0.15, -0.1) is 0 Å². The smallest absolute Gasteiger partial charge is 0.251 e. The number of hydrogen-bond donors (Lipinski definition) is 0. The van der Waals surface area contributed by atoms with Gasteiger partial charge in [-0.05, 0) is 13.3 Å². The molecule has 1 rings (SSSR count). The fraction of sp³-hybridized carbons (Fsp3) is 0.636. The molecule has 1 heterocycles. The van der Waals surface area contributed by atoms with Gasteiger partial charge < -0.3 is 4.74 Å². The molecule has 0 bridgehead atoms. The van der Waals surface area contributed by atoms with Crippen molar-refractivity contribution in [3.63, 3.8) is 0 Å². The van der Waals surface area contributed by atoms with E-state index in [1.54, 1.807) is 0 Å². The second kappa shape index (κ2) is 6.04. The number of rotatable bonds is 6. The fourth-order valence-electron chi connectivity index (χ4n) is 1.44. The Labute approximate surface area is 119 Å². The van der Waals surface area contributed by atoms with Gasteiger partial charge in [0, 0.05) is 18.1 Å². The molecule has 0 fully saturated rings. The van der Waals surface area contributed by atoms with E-state index in [0.29, 0.717) is 6.61 Å². The van der Waals surface area contributed by atoms with E-state index in [1.807, 2.05) is 6.92 Å². The highest BCUT2D eigenvalue weighted by Crippen LogP contribution is 2.23. The average Bonchev–Trinajstić information content (AvgIpc) is 2.28. The molecule has 0 aliphatic carbocycles. The molecule has 0 unspecified atom stereocenters. The van der Waals surface area contributed by atoms with E-state index in [-0.39, 0.29) is 16.5 Å². The molecular weight excluding hydrogens is 304 g/mol. The lowest BCUT2D eigenvalue weighted by molar-refractivity contribution is 0.290. The molecule has 1 aromatic heterocycles. The summed E-state index contributed by atoms with van der Waals surface area (Å²) in [7, 11) is -7.39. The van der Waals surface area contributed by atoms with E-state index in [4.69, 9.17) is 4.74 Å². The summed E-state index contributed by atoms with van der Waals surface area (Å²) in [6, 6.07) is 0. The quantitative estimate of drug-likeness (QED) is 0.433. The Hall–Kier alpha value is -1.22. The minimum atomic E-state index is -3.72. The number of unbranched alkanes of at least 4 members (excludes halogenated alkanes) is 1. The molecule has 0 N–H and O–H groups in total. The number of nitrogens with zero attached hydrogens (tertiary/aromatic N) is 2. The molecule has 9 heteroatoms. The predicted molar refractivity (Wildman–Crippen MR) is 73.4 cm³/mol. The van der Waals surface area contributed by atoms with Crippen LogP contribution in [0.25, 0.3) is 0 Å². The van der Waals surface area contributed by atoms with Gasteiger partial charge in [0.1, 0.15) is 0 Å². The van der Waals surface area contributed by atoms with Crippen LogP contribution in [0.2, 0.25) is 0 Å². The van der Waals surface area contributed by atoms with Crippen LogP contribution in [0.1, 0.15) is 25.3 Å². The summed E-state index contributed by atoms with van der Waals surface area (Å²) in [4.78, 5) is 7.44. The zero-order valence-electron chi connectivity index (χ0n) is 11.9. The largest absolute Gasteiger partial charge is 0.477 e. The van der Waals surface area contributed by atoms with Crippen LogP contribution in [0.3, 0.4) is 0 Å². The van der Waals surface area contributed by atoms with Gasteiger partial charge in [0.05, 0.1) is 6.61 Å². The molecule has 0 atom stereocenters. The standard InChI is InChI=1S/C11H18N2O5S2/c1-5-6-7-18-9-8(2)10(19(3,14)15)13-11(12-9)20(4,16)17/h5-7H2,1-4H3. The lowest BCUT2D eigenvalue weighted by Crippen LogP contribution is -2.14. The van der Waals surface area contributed by atoms with Crippen LogP contribution in [0.5, 0.6) is 5.88 Å². The molecule has 0 saturated carbocycles. The number of ether oxygens (including phenoxy) is 1. The fourth-order valence-corrected chi connectivity index (χ4v) is 2.90. The van der Waals surface area contributed by atoms with Crippen molar-refractivity contribution in [1.82, 2.24) is 9.97 Å². The monoisotopic (exact) mass is 322 g/mol. The molecule has 7 nitrogen and oxygen atoms in total.